The lowest BCUT2D eigenvalue weighted by Crippen LogP contribution is -2.61. The highest BCUT2D eigenvalue weighted by atomic mass is 16.3. The Labute approximate surface area is 379 Å². The van der Waals surface area contributed by atoms with E-state index in [1.807, 2.05) is 0 Å². The van der Waals surface area contributed by atoms with Gasteiger partial charge in [0.05, 0.1) is 0 Å². The number of hydrogen-bond donors (Lipinski definition) is 10. The number of primary amides is 1. The van der Waals surface area contributed by atoms with Crippen LogP contribution in [0.4, 0.5) is 0 Å². The summed E-state index contributed by atoms with van der Waals surface area (Å²) in [5.41, 5.74) is 18.0. The minimum atomic E-state index is -1.62. The predicted molar refractivity (Wildman–Crippen MR) is 240 cm³/mol. The normalized spacial score (nSPS) is 19.4. The first kappa shape index (κ1) is 51.4. The SMILES string of the molecule is CCCCCCCC(=O)NCCC(=O)N[C@@H](CCCCN)C(=O)N(C)[C@@H]1C(=O)N[C@@H](C)C(=O)N[C@H](C(=O)N[C@@H](N)C(=O)N2CCC[C@H]2C(N)=O)Cc2ccc(O)c(c2)-c2cc1ccc2O. The van der Waals surface area contributed by atoms with Gasteiger partial charge in [-0.25, -0.2) is 0 Å². The van der Waals surface area contributed by atoms with Gasteiger partial charge in [-0.05, 0) is 87.4 Å². The van der Waals surface area contributed by atoms with Crippen molar-refractivity contribution >= 4 is 47.3 Å². The van der Waals surface area contributed by atoms with Gasteiger partial charge < -0.3 is 63.8 Å². The summed E-state index contributed by atoms with van der Waals surface area (Å²) in [5, 5.41) is 35.3. The van der Waals surface area contributed by atoms with Crippen molar-refractivity contribution in [2.45, 2.75) is 134 Å². The number of nitrogens with zero attached hydrogens (tertiary/aromatic N) is 2. The minimum absolute atomic E-state index is 0.0535. The molecule has 20 nitrogen and oxygen atoms in total. The van der Waals surface area contributed by atoms with Crippen LogP contribution < -0.4 is 43.8 Å². The van der Waals surface area contributed by atoms with Crippen LogP contribution in [0.3, 0.4) is 0 Å². The van der Waals surface area contributed by atoms with Crippen LogP contribution in [0.5, 0.6) is 11.5 Å². The van der Waals surface area contributed by atoms with E-state index in [1.165, 1.54) is 55.3 Å². The van der Waals surface area contributed by atoms with Crippen molar-refractivity contribution in [1.29, 1.82) is 0 Å². The Hall–Kier alpha value is -6.28. The molecule has 2 heterocycles. The molecule has 356 valence electrons. The Morgan fingerprint density at radius 1 is 0.877 bits per heavy atom. The van der Waals surface area contributed by atoms with E-state index in [9.17, 15) is 48.6 Å². The molecule has 0 saturated carbocycles. The van der Waals surface area contributed by atoms with Gasteiger partial charge in [-0.2, -0.15) is 0 Å². The molecule has 4 bridgehead atoms. The number of phenols is 2. The molecule has 6 atom stereocenters. The lowest BCUT2D eigenvalue weighted by atomic mass is 9.93. The summed E-state index contributed by atoms with van der Waals surface area (Å²) in [6.45, 7) is 4.05. The average molecular weight is 907 g/mol. The first-order chi connectivity index (χ1) is 31.0. The Bertz CT molecular complexity index is 2050. The highest BCUT2D eigenvalue weighted by molar-refractivity contribution is 5.97. The maximum absolute atomic E-state index is 14.4. The molecule has 0 aromatic heterocycles. The zero-order valence-corrected chi connectivity index (χ0v) is 37.5. The fourth-order valence-corrected chi connectivity index (χ4v) is 8.02. The highest BCUT2D eigenvalue weighted by Gasteiger charge is 2.38. The molecule has 2 aromatic carbocycles. The van der Waals surface area contributed by atoms with Gasteiger partial charge >= 0.3 is 0 Å². The van der Waals surface area contributed by atoms with Gasteiger partial charge in [-0.3, -0.25) is 38.4 Å². The second-order valence-corrected chi connectivity index (χ2v) is 16.7. The Morgan fingerprint density at radius 3 is 2.26 bits per heavy atom. The summed E-state index contributed by atoms with van der Waals surface area (Å²) in [5.74, 6) is -5.95. The third kappa shape index (κ3) is 14.4. The largest absolute Gasteiger partial charge is 0.507 e. The number of aromatic hydroxyl groups is 2. The number of amides is 8. The first-order valence-electron chi connectivity index (χ1n) is 22.4. The molecule has 2 aromatic rings. The van der Waals surface area contributed by atoms with Crippen LogP contribution in [0.2, 0.25) is 0 Å². The molecule has 20 heteroatoms. The number of unbranched alkanes of at least 4 members (excludes halogenated alkanes) is 5. The monoisotopic (exact) mass is 906 g/mol. The van der Waals surface area contributed by atoms with E-state index in [0.29, 0.717) is 44.2 Å². The third-order valence-corrected chi connectivity index (χ3v) is 11.7. The zero-order valence-electron chi connectivity index (χ0n) is 37.5. The fourth-order valence-electron chi connectivity index (χ4n) is 8.02. The topological polar surface area (TPSA) is 322 Å². The number of carbonyl (C=O) groups is 8. The first-order valence-corrected chi connectivity index (χ1v) is 22.4. The van der Waals surface area contributed by atoms with E-state index in [4.69, 9.17) is 17.2 Å². The van der Waals surface area contributed by atoms with Crippen LogP contribution in [0, 0.1) is 0 Å². The van der Waals surface area contributed by atoms with Crippen molar-refractivity contribution in [3.8, 4) is 22.6 Å². The summed E-state index contributed by atoms with van der Waals surface area (Å²) >= 11 is 0. The van der Waals surface area contributed by atoms with Crippen LogP contribution >= 0.6 is 0 Å². The molecule has 0 radical (unpaired) electrons. The number of phenolic OH excluding ortho intramolecular Hbond substituents is 2. The third-order valence-electron chi connectivity index (χ3n) is 11.7. The highest BCUT2D eigenvalue weighted by Crippen LogP contribution is 2.39. The van der Waals surface area contributed by atoms with Crippen molar-refractivity contribution in [3.63, 3.8) is 0 Å². The maximum Gasteiger partial charge on any atom is 0.260 e. The van der Waals surface area contributed by atoms with E-state index in [1.54, 1.807) is 0 Å². The van der Waals surface area contributed by atoms with E-state index < -0.39 is 77.7 Å². The molecule has 8 amide bonds. The number of hydrogen-bond acceptors (Lipinski definition) is 12. The van der Waals surface area contributed by atoms with Gasteiger partial charge in [-0.15, -0.1) is 0 Å². The summed E-state index contributed by atoms with van der Waals surface area (Å²) in [7, 11) is 1.35. The fraction of sp³-hybridized carbons (Fsp3) is 0.556. The van der Waals surface area contributed by atoms with Gasteiger partial charge in [0.2, 0.25) is 41.4 Å². The van der Waals surface area contributed by atoms with Crippen LogP contribution in [0.1, 0.15) is 108 Å². The summed E-state index contributed by atoms with van der Waals surface area (Å²) in [4.78, 5) is 109. The second-order valence-electron chi connectivity index (χ2n) is 16.7. The summed E-state index contributed by atoms with van der Waals surface area (Å²) in [6, 6.07) is 2.18. The lowest BCUT2D eigenvalue weighted by molar-refractivity contribution is -0.143. The summed E-state index contributed by atoms with van der Waals surface area (Å²) in [6.07, 6.45) is 5.32. The molecular weight excluding hydrogens is 841 g/mol. The van der Waals surface area contributed by atoms with E-state index >= 15 is 0 Å². The summed E-state index contributed by atoms with van der Waals surface area (Å²) < 4.78 is 0. The molecule has 2 aliphatic heterocycles. The molecule has 1 fully saturated rings. The molecule has 4 rings (SSSR count). The quantitative estimate of drug-likeness (QED) is 0.0628. The van der Waals surface area contributed by atoms with Gasteiger partial charge in [0.15, 0.2) is 6.17 Å². The number of nitrogens with two attached hydrogens (primary N) is 3. The number of likely N-dealkylation sites (N-methyl/N-ethyl adjacent to an activating group) is 1. The molecule has 0 unspecified atom stereocenters. The number of carbonyl (C=O) groups excluding carboxylic acids is 8. The van der Waals surface area contributed by atoms with E-state index in [2.05, 4.69) is 33.5 Å². The van der Waals surface area contributed by atoms with Crippen molar-refractivity contribution in [2.75, 3.05) is 26.7 Å². The van der Waals surface area contributed by atoms with Gasteiger partial charge in [-0.1, -0.05) is 44.7 Å². The molecule has 1 saturated heterocycles. The van der Waals surface area contributed by atoms with Crippen LogP contribution in [-0.2, 0) is 44.8 Å². The second kappa shape index (κ2) is 24.7. The van der Waals surface area contributed by atoms with Crippen molar-refractivity contribution in [3.05, 3.63) is 47.5 Å². The van der Waals surface area contributed by atoms with Crippen LogP contribution in [0.25, 0.3) is 11.1 Å². The number of fused-ring (bicyclic) bond motifs is 5. The number of rotatable bonds is 20. The number of likely N-dealkylation sites (tertiary alicyclic amines) is 1. The molecule has 13 N–H and O–H groups in total. The zero-order chi connectivity index (χ0) is 47.8. The average Bonchev–Trinajstić information content (AvgIpc) is 3.77. The molecule has 0 aliphatic carbocycles. The molecule has 0 spiro atoms. The van der Waals surface area contributed by atoms with Crippen LogP contribution in [0.15, 0.2) is 36.4 Å². The Kier molecular flexibility index (Phi) is 19.5. The van der Waals surface area contributed by atoms with Gasteiger partial charge in [0.1, 0.15) is 41.7 Å². The Morgan fingerprint density at radius 2 is 1.57 bits per heavy atom. The number of nitrogens with one attached hydrogen (secondary N) is 5. The smallest absolute Gasteiger partial charge is 0.260 e. The van der Waals surface area contributed by atoms with Crippen molar-refractivity contribution < 1.29 is 48.6 Å². The van der Waals surface area contributed by atoms with Gasteiger partial charge in [0.25, 0.3) is 5.91 Å². The van der Waals surface area contributed by atoms with Crippen molar-refractivity contribution in [2.24, 2.45) is 17.2 Å². The molecule has 2 aliphatic rings. The maximum atomic E-state index is 14.4. The van der Waals surface area contributed by atoms with E-state index in [0.717, 1.165) is 37.0 Å². The standard InChI is InChI=1S/C45H66N10O10/c1-4-5-6-7-8-14-36(58)49-21-19-37(59)51-31(12-9-10-20-46)44(64)54(3)38-28-16-18-35(57)30(25-28)29-23-27(15-17-34(29)56)24-32(52-41(61)26(2)50-43(38)63)42(62)53-39(47)45(65)55-22-11-13-33(55)40(48)60/h15-18,23,25-26,31-33,38-39,56-57H,4-14,19-22,24,46-47H2,1-3H3,(H2,48,60)(H,49,58)(H,50,63)(H,51,59)(H,52,61)(H,53,62)/t26-,31-,32-,33-,38-,39+/m0/s1. The predicted octanol–water partition coefficient (Wildman–Crippen LogP) is 0.168. The number of benzene rings is 2. The Balaban J connectivity index is 1.61. The minimum Gasteiger partial charge on any atom is -0.507 e. The van der Waals surface area contributed by atoms with E-state index in [-0.39, 0.29) is 66.4 Å². The molecular formula is C45H66N10O10. The lowest BCUT2D eigenvalue weighted by Gasteiger charge is -2.32. The van der Waals surface area contributed by atoms with Crippen molar-refractivity contribution in [1.82, 2.24) is 36.4 Å². The van der Waals surface area contributed by atoms with Gasteiger partial charge in [0, 0.05) is 50.5 Å². The molecule has 65 heavy (non-hydrogen) atoms. The van der Waals surface area contributed by atoms with Crippen LogP contribution in [-0.4, -0.2) is 124 Å².